The van der Waals surface area contributed by atoms with E-state index in [9.17, 15) is 4.79 Å². The van der Waals surface area contributed by atoms with E-state index in [0.717, 1.165) is 58.1 Å². The molecule has 2 saturated heterocycles. The molecule has 0 radical (unpaired) electrons. The Morgan fingerprint density at radius 2 is 1.41 bits per heavy atom. The van der Waals surface area contributed by atoms with Gasteiger partial charge in [-0.2, -0.15) is 0 Å². The minimum atomic E-state index is 0.257. The summed E-state index contributed by atoms with van der Waals surface area (Å²) in [6.45, 7) is 7.62. The van der Waals surface area contributed by atoms with Gasteiger partial charge in [0.15, 0.2) is 0 Å². The molecule has 2 aliphatic rings. The zero-order chi connectivity index (χ0) is 20.1. The van der Waals surface area contributed by atoms with E-state index in [4.69, 9.17) is 4.74 Å². The molecule has 0 N–H and O–H groups in total. The molecule has 2 fully saturated rings. The predicted octanol–water partition coefficient (Wildman–Crippen LogP) is 2.17. The molecular formula is C23H30N4O2. The van der Waals surface area contributed by atoms with Gasteiger partial charge in [0, 0.05) is 69.8 Å². The smallest absolute Gasteiger partial charge is 0.236 e. The second kappa shape index (κ2) is 9.18. The van der Waals surface area contributed by atoms with Crippen molar-refractivity contribution in [1.29, 1.82) is 0 Å². The van der Waals surface area contributed by atoms with Crippen LogP contribution in [0.5, 0.6) is 5.75 Å². The summed E-state index contributed by atoms with van der Waals surface area (Å²) in [4.78, 5) is 21.8. The first kappa shape index (κ1) is 19.6. The number of methoxy groups -OCH3 is 1. The van der Waals surface area contributed by atoms with Crippen molar-refractivity contribution in [2.24, 2.45) is 0 Å². The number of carbonyl (C=O) groups excluding carboxylic acids is 1. The van der Waals surface area contributed by atoms with Crippen molar-refractivity contribution in [3.63, 3.8) is 0 Å². The van der Waals surface area contributed by atoms with Crippen molar-refractivity contribution in [1.82, 2.24) is 9.80 Å². The Hall–Kier alpha value is -2.73. The molecule has 2 aliphatic heterocycles. The standard InChI is InChI=1S/C23H30N4O2/c1-29-22-9-5-8-21(18-22)26-12-10-24(11-13-26)19-23(28)27-16-14-25(15-17-27)20-6-3-2-4-7-20/h2-9,18H,10-17,19H2,1H3. The molecule has 2 heterocycles. The van der Waals surface area contributed by atoms with Crippen LogP contribution in [0, 0.1) is 0 Å². The highest BCUT2D eigenvalue weighted by molar-refractivity contribution is 5.78. The maximum absolute atomic E-state index is 12.8. The SMILES string of the molecule is COc1cccc(N2CCN(CC(=O)N3CCN(c4ccccc4)CC3)CC2)c1. The number of benzene rings is 2. The minimum Gasteiger partial charge on any atom is -0.497 e. The molecule has 2 aromatic rings. The summed E-state index contributed by atoms with van der Waals surface area (Å²) in [6, 6.07) is 18.6. The lowest BCUT2D eigenvalue weighted by atomic mass is 10.2. The van der Waals surface area contributed by atoms with E-state index >= 15 is 0 Å². The molecule has 6 heteroatoms. The van der Waals surface area contributed by atoms with Gasteiger partial charge in [-0.15, -0.1) is 0 Å². The number of ether oxygens (including phenoxy) is 1. The Bertz CT molecular complexity index is 798. The van der Waals surface area contributed by atoms with Crippen LogP contribution in [0.3, 0.4) is 0 Å². The summed E-state index contributed by atoms with van der Waals surface area (Å²) in [6.07, 6.45) is 0. The highest BCUT2D eigenvalue weighted by Gasteiger charge is 2.25. The molecule has 0 saturated carbocycles. The Morgan fingerprint density at radius 3 is 2.10 bits per heavy atom. The second-order valence-corrected chi connectivity index (χ2v) is 7.67. The number of anilines is 2. The van der Waals surface area contributed by atoms with Crippen molar-refractivity contribution in [2.45, 2.75) is 0 Å². The van der Waals surface area contributed by atoms with Gasteiger partial charge in [0.2, 0.25) is 5.91 Å². The molecule has 154 valence electrons. The molecule has 6 nitrogen and oxygen atoms in total. The molecule has 0 bridgehead atoms. The molecule has 4 rings (SSSR count). The van der Waals surface area contributed by atoms with Crippen molar-refractivity contribution in [3.8, 4) is 5.75 Å². The van der Waals surface area contributed by atoms with Gasteiger partial charge in [0.25, 0.3) is 0 Å². The number of hydrogen-bond donors (Lipinski definition) is 0. The fourth-order valence-electron chi connectivity index (χ4n) is 4.12. The summed E-state index contributed by atoms with van der Waals surface area (Å²) < 4.78 is 5.33. The highest BCUT2D eigenvalue weighted by atomic mass is 16.5. The summed E-state index contributed by atoms with van der Waals surface area (Å²) in [5, 5.41) is 0. The summed E-state index contributed by atoms with van der Waals surface area (Å²) in [7, 11) is 1.70. The summed E-state index contributed by atoms with van der Waals surface area (Å²) in [5.74, 6) is 1.14. The number of carbonyl (C=O) groups is 1. The van der Waals surface area contributed by atoms with Crippen molar-refractivity contribution >= 4 is 17.3 Å². The van der Waals surface area contributed by atoms with Crippen LogP contribution in [-0.4, -0.2) is 81.7 Å². The van der Waals surface area contributed by atoms with Gasteiger partial charge in [-0.05, 0) is 24.3 Å². The average molecular weight is 395 g/mol. The maximum Gasteiger partial charge on any atom is 0.236 e. The third-order valence-electron chi connectivity index (χ3n) is 5.90. The predicted molar refractivity (Wildman–Crippen MR) is 117 cm³/mol. The zero-order valence-electron chi connectivity index (χ0n) is 17.2. The number of para-hydroxylation sites is 1. The van der Waals surface area contributed by atoms with Gasteiger partial charge in [0.1, 0.15) is 5.75 Å². The van der Waals surface area contributed by atoms with Crippen LogP contribution in [0.1, 0.15) is 0 Å². The second-order valence-electron chi connectivity index (χ2n) is 7.67. The first-order valence-electron chi connectivity index (χ1n) is 10.4. The largest absolute Gasteiger partial charge is 0.497 e. The third kappa shape index (κ3) is 4.82. The Labute approximate surface area is 173 Å². The molecule has 0 atom stereocenters. The van der Waals surface area contributed by atoms with E-state index in [1.165, 1.54) is 11.4 Å². The van der Waals surface area contributed by atoms with Gasteiger partial charge in [0.05, 0.1) is 13.7 Å². The zero-order valence-corrected chi connectivity index (χ0v) is 17.2. The summed E-state index contributed by atoms with van der Waals surface area (Å²) >= 11 is 0. The van der Waals surface area contributed by atoms with Gasteiger partial charge in [-0.25, -0.2) is 0 Å². The number of hydrogen-bond acceptors (Lipinski definition) is 5. The van der Waals surface area contributed by atoms with E-state index < -0.39 is 0 Å². The van der Waals surface area contributed by atoms with Crippen LogP contribution in [0.2, 0.25) is 0 Å². The fraction of sp³-hybridized carbons (Fsp3) is 0.435. The molecule has 29 heavy (non-hydrogen) atoms. The van der Waals surface area contributed by atoms with Crippen LogP contribution in [-0.2, 0) is 4.79 Å². The van der Waals surface area contributed by atoms with Crippen molar-refractivity contribution in [3.05, 3.63) is 54.6 Å². The first-order valence-corrected chi connectivity index (χ1v) is 10.4. The Kier molecular flexibility index (Phi) is 6.20. The number of amides is 1. The Morgan fingerprint density at radius 1 is 0.793 bits per heavy atom. The van der Waals surface area contributed by atoms with Gasteiger partial charge in [-0.1, -0.05) is 24.3 Å². The van der Waals surface area contributed by atoms with Crippen molar-refractivity contribution in [2.75, 3.05) is 75.8 Å². The average Bonchev–Trinajstić information content (AvgIpc) is 2.80. The van der Waals surface area contributed by atoms with Crippen LogP contribution in [0.25, 0.3) is 0 Å². The van der Waals surface area contributed by atoms with E-state index in [1.807, 2.05) is 23.1 Å². The van der Waals surface area contributed by atoms with Crippen LogP contribution in [0.4, 0.5) is 11.4 Å². The molecule has 2 aromatic carbocycles. The highest BCUT2D eigenvalue weighted by Crippen LogP contribution is 2.22. The number of piperazine rings is 2. The molecule has 1 amide bonds. The number of nitrogens with zero attached hydrogens (tertiary/aromatic N) is 4. The molecule has 0 aliphatic carbocycles. The monoisotopic (exact) mass is 394 g/mol. The first-order chi connectivity index (χ1) is 14.2. The Balaban J connectivity index is 1.23. The lowest BCUT2D eigenvalue weighted by molar-refractivity contribution is -0.132. The van der Waals surface area contributed by atoms with Gasteiger partial charge < -0.3 is 19.4 Å². The van der Waals surface area contributed by atoms with Crippen LogP contribution >= 0.6 is 0 Å². The quantitative estimate of drug-likeness (QED) is 0.777. The topological polar surface area (TPSA) is 39.3 Å². The summed E-state index contributed by atoms with van der Waals surface area (Å²) in [5.41, 5.74) is 2.43. The van der Waals surface area contributed by atoms with Crippen LogP contribution in [0.15, 0.2) is 54.6 Å². The third-order valence-corrected chi connectivity index (χ3v) is 5.90. The fourth-order valence-corrected chi connectivity index (χ4v) is 4.12. The van der Waals surface area contributed by atoms with E-state index in [0.29, 0.717) is 6.54 Å². The minimum absolute atomic E-state index is 0.257. The molecule has 0 unspecified atom stereocenters. The van der Waals surface area contributed by atoms with E-state index in [1.54, 1.807) is 7.11 Å². The normalized spacial score (nSPS) is 18.0. The van der Waals surface area contributed by atoms with Crippen molar-refractivity contribution < 1.29 is 9.53 Å². The van der Waals surface area contributed by atoms with Gasteiger partial charge in [-0.3, -0.25) is 9.69 Å². The molecule has 0 aromatic heterocycles. The lowest BCUT2D eigenvalue weighted by Crippen LogP contribution is -2.54. The maximum atomic E-state index is 12.8. The van der Waals surface area contributed by atoms with E-state index in [2.05, 4.69) is 51.1 Å². The molecule has 0 spiro atoms. The van der Waals surface area contributed by atoms with E-state index in [-0.39, 0.29) is 5.91 Å². The van der Waals surface area contributed by atoms with Gasteiger partial charge >= 0.3 is 0 Å². The number of rotatable bonds is 5. The molecular weight excluding hydrogens is 364 g/mol. The lowest BCUT2D eigenvalue weighted by Gasteiger charge is -2.39. The van der Waals surface area contributed by atoms with Crippen LogP contribution < -0.4 is 14.5 Å².